The molecule has 7 heteroatoms. The van der Waals surface area contributed by atoms with Gasteiger partial charge in [-0.25, -0.2) is 8.42 Å². The molecule has 1 aromatic rings. The first-order valence-corrected chi connectivity index (χ1v) is 6.94. The van der Waals surface area contributed by atoms with Crippen molar-refractivity contribution in [1.29, 1.82) is 5.26 Å². The predicted octanol–water partition coefficient (Wildman–Crippen LogP) is 1.15. The second-order valence-electron chi connectivity index (χ2n) is 3.32. The van der Waals surface area contributed by atoms with Crippen LogP contribution in [0.15, 0.2) is 0 Å². The lowest BCUT2D eigenvalue weighted by Gasteiger charge is -2.02. The molecule has 0 atom stereocenters. The van der Waals surface area contributed by atoms with Crippen LogP contribution < -0.4 is 0 Å². The molecule has 0 aliphatic rings. The van der Waals surface area contributed by atoms with Crippen molar-refractivity contribution in [2.24, 2.45) is 0 Å². The summed E-state index contributed by atoms with van der Waals surface area (Å²) in [6, 6.07) is 1.93. The van der Waals surface area contributed by atoms with Crippen molar-refractivity contribution in [3.63, 3.8) is 0 Å². The highest BCUT2D eigenvalue weighted by atomic mass is 35.5. The number of hydrogen-bond acceptors (Lipinski definition) is 4. The van der Waals surface area contributed by atoms with Crippen LogP contribution in [0.3, 0.4) is 0 Å². The Hall–Kier alpha value is -1.06. The minimum atomic E-state index is -3.05. The van der Waals surface area contributed by atoms with Crippen molar-refractivity contribution in [2.75, 3.05) is 11.5 Å². The van der Waals surface area contributed by atoms with E-state index in [4.69, 9.17) is 16.9 Å². The normalized spacial score (nSPS) is 11.4. The van der Waals surface area contributed by atoms with E-state index in [0.717, 1.165) is 0 Å². The first-order chi connectivity index (χ1) is 7.41. The Kier molecular flexibility index (Phi) is 3.94. The molecule has 5 nitrogen and oxygen atoms in total. The van der Waals surface area contributed by atoms with Gasteiger partial charge in [0.25, 0.3) is 0 Å². The summed E-state index contributed by atoms with van der Waals surface area (Å²) in [6.45, 7) is 3.43. The first-order valence-electron chi connectivity index (χ1n) is 4.74. The fourth-order valence-corrected chi connectivity index (χ4v) is 2.24. The van der Waals surface area contributed by atoms with Gasteiger partial charge in [-0.3, -0.25) is 4.68 Å². The zero-order chi connectivity index (χ0) is 12.3. The fourth-order valence-electron chi connectivity index (χ4n) is 1.20. The van der Waals surface area contributed by atoms with Gasteiger partial charge in [0.1, 0.15) is 16.8 Å². The van der Waals surface area contributed by atoms with Crippen LogP contribution in [0.5, 0.6) is 0 Å². The Bertz CT molecular complexity index is 528. The third-order valence-corrected chi connectivity index (χ3v) is 4.30. The zero-order valence-electron chi connectivity index (χ0n) is 9.07. The van der Waals surface area contributed by atoms with Gasteiger partial charge in [-0.05, 0) is 6.92 Å². The van der Waals surface area contributed by atoms with Crippen LogP contribution in [-0.4, -0.2) is 29.7 Å². The largest absolute Gasteiger partial charge is 0.251 e. The van der Waals surface area contributed by atoms with E-state index >= 15 is 0 Å². The molecule has 1 aromatic heterocycles. The predicted molar refractivity (Wildman–Crippen MR) is 61.0 cm³/mol. The summed E-state index contributed by atoms with van der Waals surface area (Å²) in [5.41, 5.74) is 0.817. The van der Waals surface area contributed by atoms with E-state index in [1.165, 1.54) is 4.68 Å². The van der Waals surface area contributed by atoms with E-state index < -0.39 is 9.84 Å². The summed E-state index contributed by atoms with van der Waals surface area (Å²) in [5.74, 6) is 0.0746. The second-order valence-corrected chi connectivity index (χ2v) is 6.15. The molecule has 0 unspecified atom stereocenters. The number of sulfone groups is 1. The molecule has 0 fully saturated rings. The van der Waals surface area contributed by atoms with Crippen LogP contribution in [0.1, 0.15) is 18.2 Å². The van der Waals surface area contributed by atoms with Gasteiger partial charge in [0.05, 0.1) is 18.0 Å². The smallest absolute Gasteiger partial charge is 0.151 e. The number of aryl methyl sites for hydroxylation is 2. The molecule has 0 N–H and O–H groups in total. The van der Waals surface area contributed by atoms with Gasteiger partial charge in [-0.2, -0.15) is 10.4 Å². The van der Waals surface area contributed by atoms with Gasteiger partial charge in [0, 0.05) is 5.75 Å². The average molecular weight is 262 g/mol. The molecule has 0 radical (unpaired) electrons. The number of halogens is 1. The molecule has 0 amide bonds. The summed E-state index contributed by atoms with van der Waals surface area (Å²) in [5, 5.41) is 13.0. The maximum Gasteiger partial charge on any atom is 0.151 e. The van der Waals surface area contributed by atoms with Gasteiger partial charge in [0.2, 0.25) is 0 Å². The second kappa shape index (κ2) is 4.85. The topological polar surface area (TPSA) is 75.8 Å². The van der Waals surface area contributed by atoms with Crippen LogP contribution in [0.2, 0.25) is 5.15 Å². The van der Waals surface area contributed by atoms with Gasteiger partial charge in [-0.1, -0.05) is 18.5 Å². The lowest BCUT2D eigenvalue weighted by Crippen LogP contribution is -2.15. The van der Waals surface area contributed by atoms with E-state index in [1.807, 2.05) is 6.07 Å². The molecule has 1 rings (SSSR count). The van der Waals surface area contributed by atoms with Crippen molar-refractivity contribution >= 4 is 21.4 Å². The van der Waals surface area contributed by atoms with E-state index in [0.29, 0.717) is 11.3 Å². The van der Waals surface area contributed by atoms with Crippen LogP contribution in [-0.2, 0) is 16.4 Å². The minimum absolute atomic E-state index is 0.0186. The molecule has 16 heavy (non-hydrogen) atoms. The number of rotatable bonds is 4. The SMILES string of the molecule is CCS(=O)(=O)CCn1nc(C)c(C#N)c1Cl. The molecule has 0 saturated carbocycles. The molecule has 0 saturated heterocycles. The summed E-state index contributed by atoms with van der Waals surface area (Å²) in [7, 11) is -3.05. The zero-order valence-corrected chi connectivity index (χ0v) is 10.6. The highest BCUT2D eigenvalue weighted by molar-refractivity contribution is 7.91. The van der Waals surface area contributed by atoms with Crippen molar-refractivity contribution < 1.29 is 8.42 Å². The summed E-state index contributed by atoms with van der Waals surface area (Å²) >= 11 is 5.88. The first kappa shape index (κ1) is 13.0. The monoisotopic (exact) mass is 261 g/mol. The third-order valence-electron chi connectivity index (χ3n) is 2.23. The average Bonchev–Trinajstić information content (AvgIpc) is 2.51. The third kappa shape index (κ3) is 2.74. The Morgan fingerprint density at radius 3 is 2.62 bits per heavy atom. The molecule has 0 spiro atoms. The fraction of sp³-hybridized carbons (Fsp3) is 0.556. The van der Waals surface area contributed by atoms with Crippen LogP contribution >= 0.6 is 11.6 Å². The van der Waals surface area contributed by atoms with E-state index in [9.17, 15) is 8.42 Å². The Balaban J connectivity index is 2.89. The standard InChI is InChI=1S/C9H12ClN3O2S/c1-3-16(14,15)5-4-13-9(10)8(6-11)7(2)12-13/h3-5H2,1-2H3. The van der Waals surface area contributed by atoms with Gasteiger partial charge < -0.3 is 0 Å². The Morgan fingerprint density at radius 1 is 1.56 bits per heavy atom. The Morgan fingerprint density at radius 2 is 2.19 bits per heavy atom. The van der Waals surface area contributed by atoms with Crippen molar-refractivity contribution in [2.45, 2.75) is 20.4 Å². The molecule has 0 aliphatic heterocycles. The maximum absolute atomic E-state index is 11.3. The van der Waals surface area contributed by atoms with Crippen molar-refractivity contribution in [3.05, 3.63) is 16.4 Å². The highest BCUT2D eigenvalue weighted by Crippen LogP contribution is 2.18. The van der Waals surface area contributed by atoms with Crippen LogP contribution in [0.25, 0.3) is 0 Å². The van der Waals surface area contributed by atoms with E-state index in [2.05, 4.69) is 5.10 Å². The number of hydrogen-bond donors (Lipinski definition) is 0. The van der Waals surface area contributed by atoms with E-state index in [-0.39, 0.29) is 23.2 Å². The molecule has 0 aliphatic carbocycles. The molecule has 0 aromatic carbocycles. The summed E-state index contributed by atoms with van der Waals surface area (Å²) in [6.07, 6.45) is 0. The number of nitriles is 1. The van der Waals surface area contributed by atoms with Crippen LogP contribution in [0, 0.1) is 18.3 Å². The quantitative estimate of drug-likeness (QED) is 0.815. The molecular weight excluding hydrogens is 250 g/mol. The number of nitrogens with zero attached hydrogens (tertiary/aromatic N) is 3. The Labute approximate surface area is 99.5 Å². The number of aromatic nitrogens is 2. The lowest BCUT2D eigenvalue weighted by molar-refractivity contribution is 0.581. The van der Waals surface area contributed by atoms with Gasteiger partial charge in [-0.15, -0.1) is 0 Å². The van der Waals surface area contributed by atoms with Crippen molar-refractivity contribution in [1.82, 2.24) is 9.78 Å². The molecular formula is C9H12ClN3O2S. The van der Waals surface area contributed by atoms with Crippen LogP contribution in [0.4, 0.5) is 0 Å². The summed E-state index contributed by atoms with van der Waals surface area (Å²) in [4.78, 5) is 0. The highest BCUT2D eigenvalue weighted by Gasteiger charge is 2.15. The maximum atomic E-state index is 11.3. The molecule has 0 bridgehead atoms. The summed E-state index contributed by atoms with van der Waals surface area (Å²) < 4.78 is 23.9. The van der Waals surface area contributed by atoms with Crippen molar-refractivity contribution in [3.8, 4) is 6.07 Å². The molecule has 1 heterocycles. The van der Waals surface area contributed by atoms with Gasteiger partial charge in [0.15, 0.2) is 9.84 Å². The molecule has 88 valence electrons. The lowest BCUT2D eigenvalue weighted by atomic mass is 10.3. The minimum Gasteiger partial charge on any atom is -0.251 e. The van der Waals surface area contributed by atoms with Gasteiger partial charge >= 0.3 is 0 Å². The van der Waals surface area contributed by atoms with E-state index in [1.54, 1.807) is 13.8 Å².